The van der Waals surface area contributed by atoms with Gasteiger partial charge in [-0.05, 0) is 85.0 Å². The van der Waals surface area contributed by atoms with Gasteiger partial charge in [0.15, 0.2) is 0 Å². The molecule has 0 heteroatoms. The first-order chi connectivity index (χ1) is 11.8. The van der Waals surface area contributed by atoms with Crippen LogP contribution in [-0.4, -0.2) is 0 Å². The van der Waals surface area contributed by atoms with Crippen LogP contribution in [0.3, 0.4) is 0 Å². The molecule has 0 amide bonds. The molecule has 0 heterocycles. The molecule has 0 saturated carbocycles. The lowest BCUT2D eigenvalue weighted by atomic mass is 9.90. The highest BCUT2D eigenvalue weighted by Gasteiger charge is 2.08. The molecular formula is C25H42. The van der Waals surface area contributed by atoms with Crippen molar-refractivity contribution in [2.45, 2.75) is 87.0 Å². The Labute approximate surface area is 158 Å². The molecule has 0 aliphatic carbocycles. The van der Waals surface area contributed by atoms with Crippen molar-refractivity contribution in [3.05, 3.63) is 59.3 Å². The minimum atomic E-state index is 0.558. The van der Waals surface area contributed by atoms with Gasteiger partial charge in [0.05, 0.1) is 0 Å². The first kappa shape index (κ1) is 23.7. The summed E-state index contributed by atoms with van der Waals surface area (Å²) in [5, 5.41) is 0. The van der Waals surface area contributed by atoms with E-state index in [1.165, 1.54) is 36.0 Å². The van der Waals surface area contributed by atoms with Gasteiger partial charge in [-0.25, -0.2) is 0 Å². The van der Waals surface area contributed by atoms with Crippen molar-refractivity contribution < 1.29 is 0 Å². The zero-order valence-corrected chi connectivity index (χ0v) is 18.0. The molecule has 142 valence electrons. The van der Waals surface area contributed by atoms with Crippen molar-refractivity contribution in [1.29, 1.82) is 0 Å². The van der Waals surface area contributed by atoms with E-state index in [1.807, 2.05) is 0 Å². The van der Waals surface area contributed by atoms with Crippen LogP contribution in [-0.2, 0) is 0 Å². The summed E-state index contributed by atoms with van der Waals surface area (Å²) in [4.78, 5) is 0. The lowest BCUT2D eigenvalue weighted by molar-refractivity contribution is 0.600. The third-order valence-corrected chi connectivity index (χ3v) is 4.72. The van der Waals surface area contributed by atoms with Crippen LogP contribution in [0.4, 0.5) is 0 Å². The monoisotopic (exact) mass is 342 g/mol. The van der Waals surface area contributed by atoms with E-state index in [0.717, 1.165) is 19.3 Å². The van der Waals surface area contributed by atoms with E-state index < -0.39 is 0 Å². The standard InChI is InChI=1S/C25H42/c1-9-22(6)16-18-25(24(8)15-11-13-21(4)5)19-17-23(7)14-10-12-20(2)3/h9,12-13,17-18,22,24H,1,10-11,14-16,19H2,2-8H3/b23-17+,25-18+/t22-,24-/m1/s1. The maximum Gasteiger partial charge on any atom is -0.0134 e. The summed E-state index contributed by atoms with van der Waals surface area (Å²) < 4.78 is 0. The molecule has 0 nitrogen and oxygen atoms in total. The van der Waals surface area contributed by atoms with Crippen LogP contribution in [0, 0.1) is 11.8 Å². The summed E-state index contributed by atoms with van der Waals surface area (Å²) in [6.45, 7) is 19.5. The van der Waals surface area contributed by atoms with Gasteiger partial charge in [0, 0.05) is 0 Å². The number of allylic oxidation sites excluding steroid dienone is 9. The predicted octanol–water partition coefficient (Wildman–Crippen LogP) is 8.59. The van der Waals surface area contributed by atoms with Gasteiger partial charge in [0.2, 0.25) is 0 Å². The van der Waals surface area contributed by atoms with E-state index in [0.29, 0.717) is 11.8 Å². The maximum atomic E-state index is 3.92. The fourth-order valence-electron chi connectivity index (χ4n) is 2.71. The Bertz CT molecular complexity index is 488. The second-order valence-electron chi connectivity index (χ2n) is 8.06. The molecule has 0 aromatic carbocycles. The van der Waals surface area contributed by atoms with E-state index in [4.69, 9.17) is 0 Å². The number of hydrogen-bond acceptors (Lipinski definition) is 0. The second-order valence-corrected chi connectivity index (χ2v) is 8.06. The summed E-state index contributed by atoms with van der Waals surface area (Å²) in [5.41, 5.74) is 5.95. The van der Waals surface area contributed by atoms with Crippen LogP contribution < -0.4 is 0 Å². The van der Waals surface area contributed by atoms with E-state index in [1.54, 1.807) is 5.57 Å². The minimum Gasteiger partial charge on any atom is -0.103 e. The van der Waals surface area contributed by atoms with Gasteiger partial charge in [0.25, 0.3) is 0 Å². The van der Waals surface area contributed by atoms with Gasteiger partial charge < -0.3 is 0 Å². The lowest BCUT2D eigenvalue weighted by Gasteiger charge is -2.16. The molecule has 0 aliphatic heterocycles. The van der Waals surface area contributed by atoms with Crippen molar-refractivity contribution in [3.8, 4) is 0 Å². The fourth-order valence-corrected chi connectivity index (χ4v) is 2.71. The zero-order chi connectivity index (χ0) is 19.2. The van der Waals surface area contributed by atoms with Crippen molar-refractivity contribution in [2.75, 3.05) is 0 Å². The molecule has 2 atom stereocenters. The van der Waals surface area contributed by atoms with Crippen LogP contribution >= 0.6 is 0 Å². The highest BCUT2D eigenvalue weighted by atomic mass is 14.1. The average molecular weight is 343 g/mol. The van der Waals surface area contributed by atoms with Gasteiger partial charge in [-0.15, -0.1) is 6.58 Å². The number of rotatable bonds is 12. The molecule has 0 radical (unpaired) electrons. The molecule has 0 bridgehead atoms. The lowest BCUT2D eigenvalue weighted by Crippen LogP contribution is -2.00. The van der Waals surface area contributed by atoms with E-state index in [2.05, 4.69) is 85.4 Å². The Morgan fingerprint density at radius 2 is 1.44 bits per heavy atom. The summed E-state index contributed by atoms with van der Waals surface area (Å²) in [5.74, 6) is 1.21. The van der Waals surface area contributed by atoms with Crippen molar-refractivity contribution in [2.24, 2.45) is 11.8 Å². The predicted molar refractivity (Wildman–Crippen MR) is 117 cm³/mol. The van der Waals surface area contributed by atoms with Crippen LogP contribution in [0.15, 0.2) is 59.3 Å². The molecule has 0 unspecified atom stereocenters. The van der Waals surface area contributed by atoms with Crippen LogP contribution in [0.5, 0.6) is 0 Å². The normalized spacial score (nSPS) is 14.7. The Hall–Kier alpha value is -1.30. The summed E-state index contributed by atoms with van der Waals surface area (Å²) in [7, 11) is 0. The van der Waals surface area contributed by atoms with Gasteiger partial charge >= 0.3 is 0 Å². The van der Waals surface area contributed by atoms with Gasteiger partial charge in [-0.2, -0.15) is 0 Å². The first-order valence-electron chi connectivity index (χ1n) is 10.00. The average Bonchev–Trinajstić information content (AvgIpc) is 2.53. The molecule has 0 aromatic heterocycles. The quantitative estimate of drug-likeness (QED) is 0.311. The van der Waals surface area contributed by atoms with Crippen molar-refractivity contribution in [1.82, 2.24) is 0 Å². The van der Waals surface area contributed by atoms with Gasteiger partial charge in [-0.1, -0.05) is 66.5 Å². The Balaban J connectivity index is 4.85. The van der Waals surface area contributed by atoms with Gasteiger partial charge in [-0.3, -0.25) is 0 Å². The summed E-state index contributed by atoms with van der Waals surface area (Å²) in [6.07, 6.45) is 18.6. The topological polar surface area (TPSA) is 0 Å². The molecule has 0 N–H and O–H groups in total. The molecule has 0 fully saturated rings. The Kier molecular flexibility index (Phi) is 13.2. The first-order valence-corrected chi connectivity index (χ1v) is 10.00. The van der Waals surface area contributed by atoms with Crippen LogP contribution in [0.1, 0.15) is 87.0 Å². The third kappa shape index (κ3) is 13.6. The SMILES string of the molecule is C=C[C@@H](C)C/C=C(\C/C=C(\C)CCC=C(C)C)[C@H](C)CCC=C(C)C. The second kappa shape index (κ2) is 13.9. The third-order valence-electron chi connectivity index (χ3n) is 4.72. The molecule has 0 aliphatic rings. The molecule has 0 spiro atoms. The Morgan fingerprint density at radius 3 is 2.00 bits per heavy atom. The van der Waals surface area contributed by atoms with Crippen molar-refractivity contribution >= 4 is 0 Å². The molecule has 25 heavy (non-hydrogen) atoms. The van der Waals surface area contributed by atoms with Crippen LogP contribution in [0.2, 0.25) is 0 Å². The van der Waals surface area contributed by atoms with Crippen molar-refractivity contribution in [3.63, 3.8) is 0 Å². The maximum absolute atomic E-state index is 3.92. The highest BCUT2D eigenvalue weighted by molar-refractivity contribution is 5.15. The minimum absolute atomic E-state index is 0.558. The largest absolute Gasteiger partial charge is 0.103 e. The zero-order valence-electron chi connectivity index (χ0n) is 18.0. The van der Waals surface area contributed by atoms with E-state index in [9.17, 15) is 0 Å². The smallest absolute Gasteiger partial charge is 0.0134 e. The van der Waals surface area contributed by atoms with Crippen LogP contribution in [0.25, 0.3) is 0 Å². The Morgan fingerprint density at radius 1 is 0.840 bits per heavy atom. The summed E-state index contributed by atoms with van der Waals surface area (Å²) in [6, 6.07) is 0. The molecular weight excluding hydrogens is 300 g/mol. The molecule has 0 aromatic rings. The molecule has 0 saturated heterocycles. The highest BCUT2D eigenvalue weighted by Crippen LogP contribution is 2.24. The van der Waals surface area contributed by atoms with Gasteiger partial charge in [0.1, 0.15) is 0 Å². The summed E-state index contributed by atoms with van der Waals surface area (Å²) >= 11 is 0. The molecule has 0 rings (SSSR count). The van der Waals surface area contributed by atoms with E-state index >= 15 is 0 Å². The number of hydrogen-bond donors (Lipinski definition) is 0. The van der Waals surface area contributed by atoms with E-state index in [-0.39, 0.29) is 0 Å². The fraction of sp³-hybridized carbons (Fsp3) is 0.600.